The van der Waals surface area contributed by atoms with Crippen molar-refractivity contribution in [1.29, 1.82) is 5.41 Å². The number of aromatic nitrogens is 4. The van der Waals surface area contributed by atoms with Gasteiger partial charge in [-0.05, 0) is 0 Å². The molecule has 11 heteroatoms. The summed E-state index contributed by atoms with van der Waals surface area (Å²) in [5.74, 6) is -0.429. The third-order valence-corrected chi connectivity index (χ3v) is 3.48. The van der Waals surface area contributed by atoms with Crippen molar-refractivity contribution < 1.29 is 20.1 Å². The zero-order valence-electron chi connectivity index (χ0n) is 11.3. The van der Waals surface area contributed by atoms with E-state index >= 15 is 0 Å². The van der Waals surface area contributed by atoms with Crippen molar-refractivity contribution in [3.63, 3.8) is 0 Å². The van der Waals surface area contributed by atoms with Gasteiger partial charge in [-0.2, -0.15) is 0 Å². The van der Waals surface area contributed by atoms with Crippen LogP contribution < -0.4 is 11.5 Å². The molecule has 0 spiro atoms. The van der Waals surface area contributed by atoms with Crippen LogP contribution in [0.5, 0.6) is 0 Å². The standard InChI is InChI=1S/C11H15N7O4/c12-7(13)9-16-8(14)4-10(17-9)18(2-15-4)11-6(21)5(20)3(1-19)22-11/h2-3,5-6,11,19-21H,1H2,(H3,12,13)(H2,14,16,17)/t3-,5?,6+,11-/m1/s1. The van der Waals surface area contributed by atoms with E-state index in [1.807, 2.05) is 0 Å². The third kappa shape index (κ3) is 2.07. The second kappa shape index (κ2) is 5.14. The van der Waals surface area contributed by atoms with Gasteiger partial charge in [0.15, 0.2) is 29.4 Å². The normalized spacial score (nSPS) is 28.3. The van der Waals surface area contributed by atoms with Crippen LogP contribution in [0.3, 0.4) is 0 Å². The van der Waals surface area contributed by atoms with Crippen molar-refractivity contribution in [3.05, 3.63) is 12.2 Å². The third-order valence-electron chi connectivity index (χ3n) is 3.48. The van der Waals surface area contributed by atoms with Crippen molar-refractivity contribution in [1.82, 2.24) is 19.5 Å². The quantitative estimate of drug-likeness (QED) is 0.259. The second-order valence-corrected chi connectivity index (χ2v) is 4.90. The molecule has 1 aliphatic heterocycles. The number of anilines is 1. The molecule has 0 aliphatic carbocycles. The summed E-state index contributed by atoms with van der Waals surface area (Å²) in [5, 5.41) is 36.4. The van der Waals surface area contributed by atoms with Gasteiger partial charge in [0.1, 0.15) is 23.8 Å². The molecule has 3 rings (SSSR count). The summed E-state index contributed by atoms with van der Waals surface area (Å²) in [6, 6.07) is 0. The maximum Gasteiger partial charge on any atom is 0.198 e. The number of nitrogens with two attached hydrogens (primary N) is 2. The number of aliphatic hydroxyl groups excluding tert-OH is 3. The van der Waals surface area contributed by atoms with Gasteiger partial charge in [-0.1, -0.05) is 0 Å². The zero-order valence-corrected chi connectivity index (χ0v) is 11.3. The Bertz CT molecular complexity index is 733. The number of nitrogen functional groups attached to an aromatic ring is 2. The van der Waals surface area contributed by atoms with Gasteiger partial charge in [0.05, 0.1) is 12.9 Å². The molecule has 4 atom stereocenters. The average Bonchev–Trinajstić information content (AvgIpc) is 3.02. The van der Waals surface area contributed by atoms with Crippen LogP contribution in [-0.2, 0) is 4.74 Å². The van der Waals surface area contributed by atoms with E-state index in [0.29, 0.717) is 0 Å². The molecule has 0 radical (unpaired) electrons. The lowest BCUT2D eigenvalue weighted by molar-refractivity contribution is -0.0511. The molecule has 1 saturated heterocycles. The lowest BCUT2D eigenvalue weighted by atomic mass is 10.1. The van der Waals surface area contributed by atoms with Gasteiger partial charge in [0, 0.05) is 0 Å². The largest absolute Gasteiger partial charge is 0.394 e. The summed E-state index contributed by atoms with van der Waals surface area (Å²) in [7, 11) is 0. The van der Waals surface area contributed by atoms with Gasteiger partial charge >= 0.3 is 0 Å². The van der Waals surface area contributed by atoms with E-state index in [9.17, 15) is 10.2 Å². The molecule has 22 heavy (non-hydrogen) atoms. The first-order valence-electron chi connectivity index (χ1n) is 6.41. The van der Waals surface area contributed by atoms with Gasteiger partial charge in [-0.3, -0.25) is 9.98 Å². The van der Waals surface area contributed by atoms with E-state index < -0.39 is 31.1 Å². The van der Waals surface area contributed by atoms with Crippen LogP contribution in [-0.4, -0.2) is 65.6 Å². The minimum absolute atomic E-state index is 0.0284. The van der Waals surface area contributed by atoms with Gasteiger partial charge in [-0.25, -0.2) is 15.0 Å². The van der Waals surface area contributed by atoms with E-state index in [2.05, 4.69) is 15.0 Å². The zero-order chi connectivity index (χ0) is 16.0. The highest BCUT2D eigenvalue weighted by Crippen LogP contribution is 2.31. The van der Waals surface area contributed by atoms with E-state index in [-0.39, 0.29) is 28.6 Å². The number of hydrogen-bond acceptors (Lipinski definition) is 9. The number of aliphatic hydroxyl groups is 3. The molecule has 11 nitrogen and oxygen atoms in total. The minimum atomic E-state index is -1.29. The predicted octanol–water partition coefficient (Wildman–Crippen LogP) is -2.70. The smallest absolute Gasteiger partial charge is 0.198 e. The molecule has 0 saturated carbocycles. The number of nitrogens with one attached hydrogen (secondary N) is 1. The molecular weight excluding hydrogens is 294 g/mol. The van der Waals surface area contributed by atoms with Crippen LogP contribution in [0.1, 0.15) is 12.1 Å². The van der Waals surface area contributed by atoms with E-state index in [4.69, 9.17) is 26.7 Å². The van der Waals surface area contributed by atoms with Crippen LogP contribution >= 0.6 is 0 Å². The first-order valence-corrected chi connectivity index (χ1v) is 6.41. The summed E-state index contributed by atoms with van der Waals surface area (Å²) in [6.07, 6.45) is -3.15. The second-order valence-electron chi connectivity index (χ2n) is 4.90. The van der Waals surface area contributed by atoms with Crippen molar-refractivity contribution in [2.45, 2.75) is 24.5 Å². The summed E-state index contributed by atoms with van der Waals surface area (Å²) >= 11 is 0. The summed E-state index contributed by atoms with van der Waals surface area (Å²) in [6.45, 7) is -0.447. The average molecular weight is 309 g/mol. The fourth-order valence-corrected chi connectivity index (χ4v) is 2.35. The van der Waals surface area contributed by atoms with Gasteiger partial charge in [0.2, 0.25) is 0 Å². The first-order chi connectivity index (χ1) is 10.4. The molecular formula is C11H15N7O4. The Labute approximate surface area is 123 Å². The molecule has 0 aromatic carbocycles. The molecule has 0 amide bonds. The molecule has 1 unspecified atom stereocenters. The van der Waals surface area contributed by atoms with Crippen molar-refractivity contribution >= 4 is 22.8 Å². The molecule has 2 aromatic heterocycles. The predicted molar refractivity (Wildman–Crippen MR) is 73.8 cm³/mol. The molecule has 118 valence electrons. The highest BCUT2D eigenvalue weighted by Gasteiger charge is 2.44. The maximum absolute atomic E-state index is 10.1. The Morgan fingerprint density at radius 2 is 2.09 bits per heavy atom. The lowest BCUT2D eigenvalue weighted by Gasteiger charge is -2.16. The van der Waals surface area contributed by atoms with E-state index in [0.717, 1.165) is 0 Å². The number of imidazole rings is 1. The number of rotatable bonds is 3. The number of hydrogen-bond donors (Lipinski definition) is 6. The molecule has 1 aliphatic rings. The number of nitrogens with zero attached hydrogens (tertiary/aromatic N) is 4. The maximum atomic E-state index is 10.1. The number of ether oxygens (including phenoxy) is 1. The summed E-state index contributed by atoms with van der Waals surface area (Å²) in [5.41, 5.74) is 11.6. The Hall–Kier alpha value is -2.34. The Kier molecular flexibility index (Phi) is 3.41. The fraction of sp³-hybridized carbons (Fsp3) is 0.455. The lowest BCUT2D eigenvalue weighted by Crippen LogP contribution is -2.33. The van der Waals surface area contributed by atoms with Crippen LogP contribution in [0, 0.1) is 5.41 Å². The number of amidine groups is 1. The first kappa shape index (κ1) is 14.6. The molecule has 8 N–H and O–H groups in total. The van der Waals surface area contributed by atoms with E-state index in [1.165, 1.54) is 10.9 Å². The van der Waals surface area contributed by atoms with Crippen molar-refractivity contribution in [3.8, 4) is 0 Å². The fourth-order valence-electron chi connectivity index (χ4n) is 2.35. The van der Waals surface area contributed by atoms with Gasteiger partial charge in [0.25, 0.3) is 0 Å². The Balaban J connectivity index is 2.10. The molecule has 1 fully saturated rings. The summed E-state index contributed by atoms with van der Waals surface area (Å²) < 4.78 is 6.77. The Morgan fingerprint density at radius 3 is 2.68 bits per heavy atom. The monoisotopic (exact) mass is 309 g/mol. The highest BCUT2D eigenvalue weighted by atomic mass is 16.6. The molecule has 0 bridgehead atoms. The summed E-state index contributed by atoms with van der Waals surface area (Å²) in [4.78, 5) is 12.0. The number of fused-ring (bicyclic) bond motifs is 1. The Morgan fingerprint density at radius 1 is 1.36 bits per heavy atom. The minimum Gasteiger partial charge on any atom is -0.394 e. The van der Waals surface area contributed by atoms with Crippen LogP contribution in [0.4, 0.5) is 5.82 Å². The van der Waals surface area contributed by atoms with Crippen LogP contribution in [0.25, 0.3) is 11.2 Å². The topological polar surface area (TPSA) is 189 Å². The SMILES string of the molecule is N=C(N)c1nc(N)c2ncn([C@@H]3O[C@H](CO)C(O)[C@@H]3O)c2n1. The van der Waals surface area contributed by atoms with Gasteiger partial charge < -0.3 is 31.5 Å². The van der Waals surface area contributed by atoms with Gasteiger partial charge in [-0.15, -0.1) is 0 Å². The van der Waals surface area contributed by atoms with Crippen LogP contribution in [0.15, 0.2) is 6.33 Å². The van der Waals surface area contributed by atoms with E-state index in [1.54, 1.807) is 0 Å². The van der Waals surface area contributed by atoms with Crippen molar-refractivity contribution in [2.75, 3.05) is 12.3 Å². The van der Waals surface area contributed by atoms with Crippen LogP contribution in [0.2, 0.25) is 0 Å². The molecule has 2 aromatic rings. The molecule has 3 heterocycles. The highest BCUT2D eigenvalue weighted by molar-refractivity contribution is 5.94. The van der Waals surface area contributed by atoms with Crippen molar-refractivity contribution in [2.24, 2.45) is 5.73 Å².